The maximum Gasteiger partial charge on any atom is 0.229 e. The first-order valence-electron chi connectivity index (χ1n) is 9.89. The summed E-state index contributed by atoms with van der Waals surface area (Å²) >= 11 is 0. The Hall–Kier alpha value is -3.38. The van der Waals surface area contributed by atoms with Crippen LogP contribution in [0.25, 0.3) is 10.9 Å². The molecule has 0 bridgehead atoms. The van der Waals surface area contributed by atoms with Gasteiger partial charge in [-0.1, -0.05) is 12.1 Å². The van der Waals surface area contributed by atoms with Gasteiger partial charge in [0.05, 0.1) is 23.7 Å². The molecule has 2 aromatic carbocycles. The SMILES string of the molecule is CC(=O)Nc1cc(NCCc2ccc(NS(C)(=O)=O)cc2)nc2ccc(NS(C)(=O)=O)cc12. The molecular weight excluding hydrogens is 466 g/mol. The highest BCUT2D eigenvalue weighted by Crippen LogP contribution is 2.28. The van der Waals surface area contributed by atoms with Crippen LogP contribution in [0.1, 0.15) is 12.5 Å². The number of amides is 1. The summed E-state index contributed by atoms with van der Waals surface area (Å²) in [7, 11) is -6.76. The Bertz CT molecular complexity index is 1390. The predicted molar refractivity (Wildman–Crippen MR) is 132 cm³/mol. The molecular formula is C21H25N5O5S2. The fraction of sp³-hybridized carbons (Fsp3) is 0.238. The van der Waals surface area contributed by atoms with Crippen LogP contribution in [0.2, 0.25) is 0 Å². The minimum atomic E-state index is -3.44. The smallest absolute Gasteiger partial charge is 0.229 e. The van der Waals surface area contributed by atoms with Crippen molar-refractivity contribution in [3.05, 3.63) is 54.1 Å². The quantitative estimate of drug-likeness (QED) is 0.360. The topological polar surface area (TPSA) is 146 Å². The van der Waals surface area contributed by atoms with E-state index in [4.69, 9.17) is 0 Å². The van der Waals surface area contributed by atoms with Gasteiger partial charge in [0.25, 0.3) is 0 Å². The molecule has 0 aliphatic rings. The number of carbonyl (C=O) groups excluding carboxylic acids is 1. The molecule has 0 fully saturated rings. The lowest BCUT2D eigenvalue weighted by Crippen LogP contribution is -2.11. The molecule has 12 heteroatoms. The second kappa shape index (κ2) is 9.63. The van der Waals surface area contributed by atoms with E-state index >= 15 is 0 Å². The van der Waals surface area contributed by atoms with E-state index in [0.29, 0.717) is 46.7 Å². The first-order valence-corrected chi connectivity index (χ1v) is 13.7. The Morgan fingerprint density at radius 3 is 2.09 bits per heavy atom. The number of sulfonamides is 2. The maximum absolute atomic E-state index is 11.7. The van der Waals surface area contributed by atoms with Crippen molar-refractivity contribution < 1.29 is 21.6 Å². The molecule has 0 saturated carbocycles. The maximum atomic E-state index is 11.7. The number of anilines is 4. The molecule has 0 saturated heterocycles. The van der Waals surface area contributed by atoms with Crippen LogP contribution < -0.4 is 20.1 Å². The number of benzene rings is 2. The summed E-state index contributed by atoms with van der Waals surface area (Å²) in [6.07, 6.45) is 2.82. The lowest BCUT2D eigenvalue weighted by Gasteiger charge is -2.13. The van der Waals surface area contributed by atoms with Crippen LogP contribution in [0.5, 0.6) is 0 Å². The summed E-state index contributed by atoms with van der Waals surface area (Å²) in [5, 5.41) is 6.57. The Morgan fingerprint density at radius 1 is 0.879 bits per heavy atom. The Balaban J connectivity index is 1.76. The van der Waals surface area contributed by atoms with Crippen molar-refractivity contribution >= 4 is 59.7 Å². The van der Waals surface area contributed by atoms with Gasteiger partial charge in [-0.05, 0) is 42.3 Å². The zero-order chi connectivity index (χ0) is 24.2. The van der Waals surface area contributed by atoms with Gasteiger partial charge in [0, 0.05) is 36.3 Å². The molecule has 3 aromatic rings. The highest BCUT2D eigenvalue weighted by Gasteiger charge is 2.10. The van der Waals surface area contributed by atoms with Crippen molar-refractivity contribution in [1.82, 2.24) is 4.98 Å². The number of pyridine rings is 1. The Morgan fingerprint density at radius 2 is 1.48 bits per heavy atom. The number of nitrogens with zero attached hydrogens (tertiary/aromatic N) is 1. The number of carbonyl (C=O) groups is 1. The van der Waals surface area contributed by atoms with Gasteiger partial charge in [-0.25, -0.2) is 21.8 Å². The fourth-order valence-corrected chi connectivity index (χ4v) is 4.29. The van der Waals surface area contributed by atoms with E-state index in [0.717, 1.165) is 18.1 Å². The monoisotopic (exact) mass is 491 g/mol. The first-order chi connectivity index (χ1) is 15.4. The van der Waals surface area contributed by atoms with Crippen molar-refractivity contribution in [1.29, 1.82) is 0 Å². The molecule has 0 radical (unpaired) electrons. The number of hydrogen-bond donors (Lipinski definition) is 4. The van der Waals surface area contributed by atoms with E-state index in [9.17, 15) is 21.6 Å². The molecule has 3 rings (SSSR count). The lowest BCUT2D eigenvalue weighted by atomic mass is 10.1. The third-order valence-electron chi connectivity index (χ3n) is 4.40. The average Bonchev–Trinajstić information content (AvgIpc) is 2.67. The van der Waals surface area contributed by atoms with Gasteiger partial charge in [0.1, 0.15) is 5.82 Å². The third kappa shape index (κ3) is 7.61. The van der Waals surface area contributed by atoms with Crippen LogP contribution >= 0.6 is 0 Å². The van der Waals surface area contributed by atoms with Crippen LogP contribution in [0.15, 0.2) is 48.5 Å². The van der Waals surface area contributed by atoms with Crippen molar-refractivity contribution in [3.8, 4) is 0 Å². The molecule has 1 aromatic heterocycles. The van der Waals surface area contributed by atoms with Crippen molar-refractivity contribution in [2.45, 2.75) is 13.3 Å². The summed E-state index contributed by atoms with van der Waals surface area (Å²) < 4.78 is 50.5. The van der Waals surface area contributed by atoms with Crippen molar-refractivity contribution in [2.75, 3.05) is 39.1 Å². The average molecular weight is 492 g/mol. The minimum Gasteiger partial charge on any atom is -0.370 e. The summed E-state index contributed by atoms with van der Waals surface area (Å²) in [4.78, 5) is 16.2. The van der Waals surface area contributed by atoms with Crippen LogP contribution in [0.4, 0.5) is 22.9 Å². The normalized spacial score (nSPS) is 11.7. The predicted octanol–water partition coefficient (Wildman–Crippen LogP) is 2.59. The highest BCUT2D eigenvalue weighted by molar-refractivity contribution is 7.92. The number of aromatic nitrogens is 1. The van der Waals surface area contributed by atoms with Gasteiger partial charge in [0.2, 0.25) is 26.0 Å². The molecule has 0 unspecified atom stereocenters. The molecule has 33 heavy (non-hydrogen) atoms. The van der Waals surface area contributed by atoms with Crippen LogP contribution in [-0.4, -0.2) is 46.8 Å². The first kappa shape index (κ1) is 24.3. The van der Waals surface area contributed by atoms with E-state index in [1.165, 1.54) is 6.92 Å². The van der Waals surface area contributed by atoms with Gasteiger partial charge in [0.15, 0.2) is 0 Å². The lowest BCUT2D eigenvalue weighted by molar-refractivity contribution is -0.114. The summed E-state index contributed by atoms with van der Waals surface area (Å²) in [6, 6.07) is 13.6. The van der Waals surface area contributed by atoms with Crippen molar-refractivity contribution in [3.63, 3.8) is 0 Å². The molecule has 1 amide bonds. The fourth-order valence-electron chi connectivity index (χ4n) is 3.18. The molecule has 0 atom stereocenters. The van der Waals surface area contributed by atoms with E-state index in [2.05, 4.69) is 25.1 Å². The van der Waals surface area contributed by atoms with Gasteiger partial charge in [-0.15, -0.1) is 0 Å². The van der Waals surface area contributed by atoms with E-state index in [-0.39, 0.29) is 5.91 Å². The summed E-state index contributed by atoms with van der Waals surface area (Å²) in [5.41, 5.74) is 2.95. The van der Waals surface area contributed by atoms with Gasteiger partial charge < -0.3 is 10.6 Å². The second-order valence-corrected chi connectivity index (χ2v) is 11.1. The number of rotatable bonds is 9. The van der Waals surface area contributed by atoms with Crippen LogP contribution in [0, 0.1) is 0 Å². The molecule has 1 heterocycles. The van der Waals surface area contributed by atoms with Gasteiger partial charge in [-0.3, -0.25) is 14.2 Å². The summed E-state index contributed by atoms with van der Waals surface area (Å²) in [5.74, 6) is 0.281. The summed E-state index contributed by atoms with van der Waals surface area (Å²) in [6.45, 7) is 1.94. The molecule has 4 N–H and O–H groups in total. The zero-order valence-electron chi connectivity index (χ0n) is 18.3. The second-order valence-electron chi connectivity index (χ2n) is 7.59. The van der Waals surface area contributed by atoms with Crippen LogP contribution in [-0.2, 0) is 31.3 Å². The minimum absolute atomic E-state index is 0.266. The molecule has 176 valence electrons. The number of nitrogens with one attached hydrogen (secondary N) is 4. The molecule has 0 aliphatic heterocycles. The van der Waals surface area contributed by atoms with E-state index in [1.54, 1.807) is 36.4 Å². The number of fused-ring (bicyclic) bond motifs is 1. The van der Waals surface area contributed by atoms with Crippen molar-refractivity contribution in [2.24, 2.45) is 0 Å². The molecule has 0 spiro atoms. The van der Waals surface area contributed by atoms with E-state index < -0.39 is 20.0 Å². The standard InChI is InChI=1S/C21H25N5O5S2/c1-14(27)23-20-13-21(24-19-9-8-17(12-18(19)20)26-33(3,30)31)22-11-10-15-4-6-16(7-5-15)25-32(2,28)29/h4-9,12-13,25-26H,10-11H2,1-3H3,(H2,22,23,24,27). The van der Waals surface area contributed by atoms with Gasteiger partial charge >= 0.3 is 0 Å². The third-order valence-corrected chi connectivity index (χ3v) is 5.61. The van der Waals surface area contributed by atoms with Gasteiger partial charge in [-0.2, -0.15) is 0 Å². The van der Waals surface area contributed by atoms with E-state index in [1.807, 2.05) is 12.1 Å². The number of hydrogen-bond acceptors (Lipinski definition) is 7. The Labute approximate surface area is 192 Å². The van der Waals surface area contributed by atoms with Crippen LogP contribution in [0.3, 0.4) is 0 Å². The Kier molecular flexibility index (Phi) is 7.08. The molecule has 0 aliphatic carbocycles. The largest absolute Gasteiger partial charge is 0.370 e. The highest BCUT2D eigenvalue weighted by atomic mass is 32.2. The zero-order valence-corrected chi connectivity index (χ0v) is 20.0. The molecule has 10 nitrogen and oxygen atoms in total.